The van der Waals surface area contributed by atoms with Gasteiger partial charge >= 0.3 is 18.1 Å². The molecule has 7 heteroatoms. The molecular formula is C21H18F3NO3. The zero-order valence-corrected chi connectivity index (χ0v) is 15.4. The van der Waals surface area contributed by atoms with Crippen LogP contribution in [0.1, 0.15) is 36.9 Å². The zero-order chi connectivity index (χ0) is 20.2. The van der Waals surface area contributed by atoms with Crippen LogP contribution in [0.15, 0.2) is 41.0 Å². The van der Waals surface area contributed by atoms with E-state index in [2.05, 4.69) is 4.74 Å². The van der Waals surface area contributed by atoms with E-state index in [1.54, 1.807) is 42.8 Å². The minimum absolute atomic E-state index is 0.0802. The van der Waals surface area contributed by atoms with Gasteiger partial charge < -0.3 is 9.30 Å². The van der Waals surface area contributed by atoms with E-state index in [1.807, 2.05) is 0 Å². The van der Waals surface area contributed by atoms with Crippen molar-refractivity contribution in [3.05, 3.63) is 52.2 Å². The van der Waals surface area contributed by atoms with Gasteiger partial charge in [-0.2, -0.15) is 13.2 Å². The Morgan fingerprint density at radius 3 is 2.36 bits per heavy atom. The van der Waals surface area contributed by atoms with E-state index in [0.29, 0.717) is 35.0 Å². The minimum atomic E-state index is -4.84. The average Bonchev–Trinajstić information content (AvgIpc) is 3.30. The largest absolute Gasteiger partial charge is 0.417 e. The maximum absolute atomic E-state index is 14.3. The summed E-state index contributed by atoms with van der Waals surface area (Å²) in [7, 11) is 1.67. The molecule has 2 aromatic rings. The highest BCUT2D eigenvalue weighted by Gasteiger charge is 2.48. The maximum atomic E-state index is 14.3. The monoisotopic (exact) mass is 389 g/mol. The highest BCUT2D eigenvalue weighted by molar-refractivity contribution is 6.23. The molecule has 4 nitrogen and oxygen atoms in total. The third kappa shape index (κ3) is 2.68. The number of aromatic nitrogens is 1. The molecule has 1 saturated carbocycles. The molecule has 2 heterocycles. The molecule has 0 bridgehead atoms. The molecule has 1 aliphatic heterocycles. The number of nitrogens with zero attached hydrogens (tertiary/aromatic N) is 1. The lowest BCUT2D eigenvalue weighted by Crippen LogP contribution is -2.17. The van der Waals surface area contributed by atoms with E-state index in [4.69, 9.17) is 0 Å². The Labute approximate surface area is 159 Å². The predicted molar refractivity (Wildman–Crippen MR) is 97.2 cm³/mol. The molecule has 1 aliphatic carbocycles. The Morgan fingerprint density at radius 1 is 1.07 bits per heavy atom. The normalized spacial score (nSPS) is 19.8. The van der Waals surface area contributed by atoms with Crippen LogP contribution >= 0.6 is 0 Å². The average molecular weight is 389 g/mol. The lowest BCUT2D eigenvalue weighted by molar-refractivity contribution is -0.150. The fourth-order valence-electron chi connectivity index (χ4n) is 4.24. The van der Waals surface area contributed by atoms with Gasteiger partial charge in [-0.3, -0.25) is 0 Å². The summed E-state index contributed by atoms with van der Waals surface area (Å²) < 4.78 is 49.3. The van der Waals surface area contributed by atoms with Gasteiger partial charge in [0.1, 0.15) is 0 Å². The molecule has 0 N–H and O–H groups in total. The first-order chi connectivity index (χ1) is 13.2. The van der Waals surface area contributed by atoms with Gasteiger partial charge in [0.2, 0.25) is 0 Å². The number of rotatable bonds is 1. The van der Waals surface area contributed by atoms with Gasteiger partial charge in [-0.05, 0) is 38.7 Å². The van der Waals surface area contributed by atoms with Crippen LogP contribution in [0.3, 0.4) is 0 Å². The number of para-hydroxylation sites is 1. The molecule has 1 aromatic heterocycles. The van der Waals surface area contributed by atoms with Gasteiger partial charge in [-0.1, -0.05) is 23.8 Å². The second kappa shape index (κ2) is 6.36. The Bertz CT molecular complexity index is 1080. The fourth-order valence-corrected chi connectivity index (χ4v) is 4.24. The number of ether oxygens (including phenoxy) is 1. The number of allylic oxidation sites excluding steroid dienone is 2. The Hall–Kier alpha value is -2.83. The van der Waals surface area contributed by atoms with E-state index in [9.17, 15) is 22.8 Å². The van der Waals surface area contributed by atoms with Gasteiger partial charge in [-0.15, -0.1) is 0 Å². The predicted octanol–water partition coefficient (Wildman–Crippen LogP) is 4.76. The number of carbonyl (C=O) groups excluding carboxylic acids is 2. The van der Waals surface area contributed by atoms with Crippen LogP contribution in [0.4, 0.5) is 13.2 Å². The summed E-state index contributed by atoms with van der Waals surface area (Å²) in [6, 6.07) is 6.71. The topological polar surface area (TPSA) is 48.3 Å². The number of esters is 2. The van der Waals surface area contributed by atoms with Gasteiger partial charge in [0.25, 0.3) is 0 Å². The Kier molecular flexibility index (Phi) is 4.21. The minimum Gasteiger partial charge on any atom is -0.386 e. The van der Waals surface area contributed by atoms with Crippen molar-refractivity contribution in [2.24, 2.45) is 7.05 Å². The molecule has 1 aromatic carbocycles. The quantitative estimate of drug-likeness (QED) is 0.402. The van der Waals surface area contributed by atoms with Crippen molar-refractivity contribution in [1.29, 1.82) is 0 Å². The second-order valence-electron chi connectivity index (χ2n) is 7.15. The number of carbonyl (C=O) groups is 2. The molecule has 0 spiro atoms. The number of halogens is 3. The molecule has 0 radical (unpaired) electrons. The summed E-state index contributed by atoms with van der Waals surface area (Å²) in [5, 5.41) is 0.380. The lowest BCUT2D eigenvalue weighted by atomic mass is 9.90. The fraction of sp³-hybridized carbons (Fsp3) is 0.333. The SMILES string of the molecule is Cc1c(/C(=C2/C(=O)OC(=O)C2=C2CCCC2)C(F)(F)F)c2ccccc2n1C. The molecule has 28 heavy (non-hydrogen) atoms. The third-order valence-electron chi connectivity index (χ3n) is 5.59. The summed E-state index contributed by atoms with van der Waals surface area (Å²) in [6.07, 6.45) is -2.27. The summed E-state index contributed by atoms with van der Waals surface area (Å²) in [4.78, 5) is 24.7. The van der Waals surface area contributed by atoms with E-state index in [-0.39, 0.29) is 11.1 Å². The van der Waals surface area contributed by atoms with E-state index in [0.717, 1.165) is 12.8 Å². The molecule has 4 rings (SSSR count). The van der Waals surface area contributed by atoms with Crippen molar-refractivity contribution in [3.63, 3.8) is 0 Å². The standard InChI is InChI=1S/C21H18F3NO3/c1-11-15(13-9-5-6-10-14(13)25(11)2)18(21(22,23)24)17-16(12-7-3-4-8-12)19(26)28-20(17)27/h5-6,9-10H,3-4,7-8H2,1-2H3/b18-17-. The van der Waals surface area contributed by atoms with Gasteiger partial charge in [0.05, 0.1) is 16.7 Å². The number of hydrogen-bond donors (Lipinski definition) is 0. The van der Waals surface area contributed by atoms with E-state index in [1.165, 1.54) is 0 Å². The van der Waals surface area contributed by atoms with Crippen molar-refractivity contribution in [3.8, 4) is 0 Å². The molecule has 0 amide bonds. The highest BCUT2D eigenvalue weighted by atomic mass is 19.4. The smallest absolute Gasteiger partial charge is 0.386 e. The van der Waals surface area contributed by atoms with Crippen molar-refractivity contribution in [2.45, 2.75) is 38.8 Å². The maximum Gasteiger partial charge on any atom is 0.417 e. The lowest BCUT2D eigenvalue weighted by Gasteiger charge is -2.16. The van der Waals surface area contributed by atoms with Gasteiger partial charge in [0, 0.05) is 29.2 Å². The van der Waals surface area contributed by atoms with Gasteiger partial charge in [-0.25, -0.2) is 9.59 Å². The van der Waals surface area contributed by atoms with Crippen LogP contribution in [-0.4, -0.2) is 22.7 Å². The van der Waals surface area contributed by atoms with Crippen molar-refractivity contribution >= 4 is 28.4 Å². The first kappa shape index (κ1) is 18.5. The number of fused-ring (bicyclic) bond motifs is 1. The second-order valence-corrected chi connectivity index (χ2v) is 7.15. The number of hydrogen-bond acceptors (Lipinski definition) is 3. The molecule has 0 unspecified atom stereocenters. The van der Waals surface area contributed by atoms with Crippen LogP contribution in [0, 0.1) is 6.92 Å². The van der Waals surface area contributed by atoms with Gasteiger partial charge in [0.15, 0.2) is 0 Å². The highest BCUT2D eigenvalue weighted by Crippen LogP contribution is 2.47. The number of cyclic esters (lactones) is 2. The Balaban J connectivity index is 2.14. The van der Waals surface area contributed by atoms with E-state index >= 15 is 0 Å². The summed E-state index contributed by atoms with van der Waals surface area (Å²) in [5.74, 6) is -2.20. The molecule has 2 fully saturated rings. The molecule has 2 aliphatic rings. The van der Waals surface area contributed by atoms with Crippen molar-refractivity contribution < 1.29 is 27.5 Å². The van der Waals surface area contributed by atoms with E-state index < -0.39 is 29.3 Å². The van der Waals surface area contributed by atoms with Crippen LogP contribution in [-0.2, 0) is 21.4 Å². The first-order valence-electron chi connectivity index (χ1n) is 9.06. The van der Waals surface area contributed by atoms with Crippen LogP contribution in [0.5, 0.6) is 0 Å². The number of benzene rings is 1. The van der Waals surface area contributed by atoms with Crippen molar-refractivity contribution in [1.82, 2.24) is 4.57 Å². The first-order valence-corrected chi connectivity index (χ1v) is 9.06. The van der Waals surface area contributed by atoms with Crippen LogP contribution < -0.4 is 0 Å². The zero-order valence-electron chi connectivity index (χ0n) is 15.4. The number of alkyl halides is 3. The summed E-state index contributed by atoms with van der Waals surface area (Å²) >= 11 is 0. The Morgan fingerprint density at radius 2 is 1.71 bits per heavy atom. The molecule has 0 atom stereocenters. The molecular weight excluding hydrogens is 371 g/mol. The molecule has 146 valence electrons. The molecule has 1 saturated heterocycles. The van der Waals surface area contributed by atoms with Crippen molar-refractivity contribution in [2.75, 3.05) is 0 Å². The number of aryl methyl sites for hydroxylation is 1. The van der Waals surface area contributed by atoms with Crippen LogP contribution in [0.25, 0.3) is 16.5 Å². The van der Waals surface area contributed by atoms with Crippen LogP contribution in [0.2, 0.25) is 0 Å². The summed E-state index contributed by atoms with van der Waals surface area (Å²) in [6.45, 7) is 1.58. The summed E-state index contributed by atoms with van der Waals surface area (Å²) in [5.41, 5.74) is -0.453. The third-order valence-corrected chi connectivity index (χ3v) is 5.59.